The lowest BCUT2D eigenvalue weighted by Crippen LogP contribution is -2.33. The number of nitrogens with zero attached hydrogens (tertiary/aromatic N) is 4. The Balaban J connectivity index is 1.58. The van der Waals surface area contributed by atoms with Crippen LogP contribution in [0.4, 0.5) is 4.39 Å². The van der Waals surface area contributed by atoms with Crippen LogP contribution in [0, 0.1) is 5.82 Å². The van der Waals surface area contributed by atoms with Crippen molar-refractivity contribution in [3.05, 3.63) is 70.0 Å². The maximum absolute atomic E-state index is 14.8. The van der Waals surface area contributed by atoms with Crippen LogP contribution >= 0.6 is 23.1 Å². The molecule has 2 aromatic heterocycles. The molecule has 4 rings (SSSR count). The van der Waals surface area contributed by atoms with Crippen molar-refractivity contribution in [1.29, 1.82) is 0 Å². The van der Waals surface area contributed by atoms with Gasteiger partial charge in [0.25, 0.3) is 0 Å². The number of rotatable bonds is 6. The lowest BCUT2D eigenvalue weighted by molar-refractivity contribution is 0.140. The van der Waals surface area contributed by atoms with Gasteiger partial charge in [0.05, 0.1) is 0 Å². The summed E-state index contributed by atoms with van der Waals surface area (Å²) in [4.78, 5) is 9.81. The third-order valence-electron chi connectivity index (χ3n) is 5.23. The summed E-state index contributed by atoms with van der Waals surface area (Å²) in [5.74, 6) is -1.20. The third-order valence-corrected chi connectivity index (χ3v) is 8.07. The molecule has 3 aromatic rings. The minimum Gasteiger partial charge on any atom is -0.292 e. The fourth-order valence-electron chi connectivity index (χ4n) is 3.79. The van der Waals surface area contributed by atoms with E-state index in [0.29, 0.717) is 17.1 Å². The van der Waals surface area contributed by atoms with E-state index in [1.54, 1.807) is 12.4 Å². The summed E-state index contributed by atoms with van der Waals surface area (Å²) in [5.41, 5.74) is 1.74. The van der Waals surface area contributed by atoms with Gasteiger partial charge >= 0.3 is 0 Å². The largest absolute Gasteiger partial charge is 0.292 e. The van der Waals surface area contributed by atoms with Crippen molar-refractivity contribution in [3.63, 3.8) is 0 Å². The van der Waals surface area contributed by atoms with Gasteiger partial charge in [-0.15, -0.1) is 0 Å². The van der Waals surface area contributed by atoms with E-state index in [1.807, 2.05) is 12.1 Å². The average molecular weight is 467 g/mol. The Labute approximate surface area is 183 Å². The number of aromatic nitrogens is 3. The van der Waals surface area contributed by atoms with E-state index in [9.17, 15) is 12.8 Å². The zero-order chi connectivity index (χ0) is 21.1. The van der Waals surface area contributed by atoms with Crippen LogP contribution in [0.1, 0.15) is 41.4 Å². The van der Waals surface area contributed by atoms with Crippen molar-refractivity contribution in [2.24, 2.45) is 0 Å². The maximum atomic E-state index is 14.8. The van der Waals surface area contributed by atoms with Gasteiger partial charge in [-0.3, -0.25) is 9.88 Å². The summed E-state index contributed by atoms with van der Waals surface area (Å²) in [6.07, 6.45) is 7.99. The Hall–Kier alpha value is -1.94. The summed E-state index contributed by atoms with van der Waals surface area (Å²) >= 11 is 7.38. The second-order valence-electron chi connectivity index (χ2n) is 7.23. The van der Waals surface area contributed by atoms with E-state index < -0.39 is 26.3 Å². The van der Waals surface area contributed by atoms with Crippen LogP contribution in [-0.2, 0) is 22.1 Å². The number of pyridine rings is 1. The normalized spacial score (nSPS) is 17.9. The lowest BCUT2D eigenvalue weighted by atomic mass is 9.95. The molecule has 10 heteroatoms. The molecular weight excluding hydrogens is 447 g/mol. The van der Waals surface area contributed by atoms with Gasteiger partial charge < -0.3 is 0 Å². The number of benzene rings is 1. The molecule has 0 amide bonds. The van der Waals surface area contributed by atoms with Gasteiger partial charge in [0, 0.05) is 30.0 Å². The molecule has 1 atom stereocenters. The number of halogens is 2. The molecule has 1 saturated heterocycles. The van der Waals surface area contributed by atoms with Crippen LogP contribution in [0.3, 0.4) is 0 Å². The van der Waals surface area contributed by atoms with Gasteiger partial charge in [-0.2, -0.15) is 4.37 Å². The molecule has 0 aliphatic carbocycles. The second kappa shape index (κ2) is 9.05. The molecule has 0 saturated carbocycles. The standard InChI is InChI=1S/C20H20ClFN4O2S2/c21-16-10-19(30(27,28)12-20-24-13-25-29-20)17(22)9-15(16)11-26-8-2-1-3-18(26)14-4-6-23-7-5-14/h4-7,9-10,13,18H,1-3,8,11-12H2. The maximum Gasteiger partial charge on any atom is 0.187 e. The van der Waals surface area contributed by atoms with E-state index in [1.165, 1.54) is 18.5 Å². The Morgan fingerprint density at radius 3 is 2.77 bits per heavy atom. The molecule has 3 heterocycles. The van der Waals surface area contributed by atoms with Crippen molar-refractivity contribution in [2.45, 2.75) is 42.5 Å². The average Bonchev–Trinajstić information content (AvgIpc) is 3.23. The van der Waals surface area contributed by atoms with Crippen molar-refractivity contribution < 1.29 is 12.8 Å². The molecule has 0 bridgehead atoms. The Morgan fingerprint density at radius 2 is 2.03 bits per heavy atom. The van der Waals surface area contributed by atoms with E-state index in [4.69, 9.17) is 11.6 Å². The summed E-state index contributed by atoms with van der Waals surface area (Å²) in [6, 6.07) is 6.64. The van der Waals surface area contributed by atoms with Crippen LogP contribution in [0.2, 0.25) is 5.02 Å². The molecule has 0 spiro atoms. The number of sulfone groups is 1. The molecule has 158 valence electrons. The minimum absolute atomic E-state index is 0.196. The molecule has 1 aliphatic heterocycles. The highest BCUT2D eigenvalue weighted by Gasteiger charge is 2.27. The van der Waals surface area contributed by atoms with E-state index in [2.05, 4.69) is 19.2 Å². The smallest absolute Gasteiger partial charge is 0.187 e. The highest BCUT2D eigenvalue weighted by Crippen LogP contribution is 2.34. The summed E-state index contributed by atoms with van der Waals surface area (Å²) in [5, 5.41) is 0.550. The quantitative estimate of drug-likeness (QED) is 0.535. The van der Waals surface area contributed by atoms with Crippen molar-refractivity contribution in [2.75, 3.05) is 6.54 Å². The van der Waals surface area contributed by atoms with Gasteiger partial charge in [0.15, 0.2) is 9.84 Å². The third kappa shape index (κ3) is 4.69. The van der Waals surface area contributed by atoms with E-state index >= 15 is 0 Å². The fraction of sp³-hybridized carbons (Fsp3) is 0.350. The van der Waals surface area contributed by atoms with Gasteiger partial charge in [0.1, 0.15) is 27.8 Å². The summed E-state index contributed by atoms with van der Waals surface area (Å²) in [7, 11) is -3.91. The van der Waals surface area contributed by atoms with E-state index in [-0.39, 0.29) is 11.1 Å². The lowest BCUT2D eigenvalue weighted by Gasteiger charge is -2.36. The second-order valence-corrected chi connectivity index (χ2v) is 10.5. The van der Waals surface area contributed by atoms with Gasteiger partial charge in [-0.05, 0) is 66.3 Å². The molecule has 1 fully saturated rings. The van der Waals surface area contributed by atoms with Crippen LogP contribution in [0.5, 0.6) is 0 Å². The van der Waals surface area contributed by atoms with Crippen molar-refractivity contribution in [1.82, 2.24) is 19.2 Å². The summed E-state index contributed by atoms with van der Waals surface area (Å²) in [6.45, 7) is 1.31. The zero-order valence-corrected chi connectivity index (χ0v) is 18.4. The highest BCUT2D eigenvalue weighted by molar-refractivity contribution is 7.90. The Kier molecular flexibility index (Phi) is 6.43. The number of hydrogen-bond donors (Lipinski definition) is 0. The first kappa shape index (κ1) is 21.3. The van der Waals surface area contributed by atoms with Crippen LogP contribution in [0.15, 0.2) is 47.9 Å². The van der Waals surface area contributed by atoms with Crippen molar-refractivity contribution >= 4 is 33.0 Å². The predicted molar refractivity (Wildman–Crippen MR) is 113 cm³/mol. The number of hydrogen-bond acceptors (Lipinski definition) is 7. The molecule has 0 radical (unpaired) electrons. The number of likely N-dealkylation sites (tertiary alicyclic amines) is 1. The van der Waals surface area contributed by atoms with Crippen molar-refractivity contribution in [3.8, 4) is 0 Å². The van der Waals surface area contributed by atoms with Crippen LogP contribution in [-0.4, -0.2) is 34.2 Å². The Morgan fingerprint density at radius 1 is 1.23 bits per heavy atom. The zero-order valence-electron chi connectivity index (χ0n) is 16.0. The Bertz CT molecular complexity index is 1110. The predicted octanol–water partition coefficient (Wildman–Crippen LogP) is 4.43. The molecule has 30 heavy (non-hydrogen) atoms. The molecular formula is C20H20ClFN4O2S2. The monoisotopic (exact) mass is 466 g/mol. The fourth-order valence-corrected chi connectivity index (χ4v) is 6.27. The van der Waals surface area contributed by atoms with Gasteiger partial charge in [0.2, 0.25) is 0 Å². The first-order valence-corrected chi connectivity index (χ1v) is 12.3. The highest BCUT2D eigenvalue weighted by atomic mass is 35.5. The first-order chi connectivity index (χ1) is 14.4. The van der Waals surface area contributed by atoms with Crippen LogP contribution in [0.25, 0.3) is 0 Å². The van der Waals surface area contributed by atoms with E-state index in [0.717, 1.165) is 42.9 Å². The molecule has 6 nitrogen and oxygen atoms in total. The minimum atomic E-state index is -3.91. The summed E-state index contributed by atoms with van der Waals surface area (Å²) < 4.78 is 43.9. The SMILES string of the molecule is O=S(=O)(Cc1ncns1)c1cc(Cl)c(CN2CCCCC2c2ccncc2)cc1F. The van der Waals surface area contributed by atoms with Crippen LogP contribution < -0.4 is 0 Å². The van der Waals surface area contributed by atoms with Gasteiger partial charge in [-0.1, -0.05) is 18.0 Å². The molecule has 1 aromatic carbocycles. The molecule has 0 N–H and O–H groups in total. The molecule has 1 aliphatic rings. The topological polar surface area (TPSA) is 76.1 Å². The van der Waals surface area contributed by atoms with Gasteiger partial charge in [-0.25, -0.2) is 17.8 Å². The number of piperidine rings is 1. The molecule has 1 unspecified atom stereocenters. The first-order valence-electron chi connectivity index (χ1n) is 9.54.